The van der Waals surface area contributed by atoms with E-state index in [9.17, 15) is 9.59 Å². The summed E-state index contributed by atoms with van der Waals surface area (Å²) < 4.78 is 0. The van der Waals surface area contributed by atoms with Gasteiger partial charge in [0.25, 0.3) is 0 Å². The first-order chi connectivity index (χ1) is 13.2. The zero-order valence-electron chi connectivity index (χ0n) is 15.2. The van der Waals surface area contributed by atoms with E-state index in [1.807, 2.05) is 42.5 Å². The van der Waals surface area contributed by atoms with E-state index in [2.05, 4.69) is 22.6 Å². The monoisotopic (exact) mass is 361 g/mol. The molecule has 1 heterocycles. The topological polar surface area (TPSA) is 61.8 Å². The molecule has 1 aliphatic carbocycles. The number of amides is 2. The van der Waals surface area contributed by atoms with Crippen molar-refractivity contribution in [3.63, 3.8) is 0 Å². The van der Waals surface area contributed by atoms with Gasteiger partial charge in [0, 0.05) is 19.3 Å². The van der Waals surface area contributed by atoms with Crippen LogP contribution in [0.2, 0.25) is 0 Å². The molecule has 0 spiro atoms. The van der Waals surface area contributed by atoms with Crippen molar-refractivity contribution >= 4 is 17.5 Å². The summed E-state index contributed by atoms with van der Waals surface area (Å²) in [5, 5.41) is 9.01. The lowest BCUT2D eigenvalue weighted by Crippen LogP contribution is -2.29. The highest BCUT2D eigenvalue weighted by Crippen LogP contribution is 2.30. The first-order valence-electron chi connectivity index (χ1n) is 9.51. The number of fused-ring (bicyclic) bond motifs is 1. The molecule has 0 aromatic heterocycles. The van der Waals surface area contributed by atoms with Crippen molar-refractivity contribution in [2.24, 2.45) is 5.10 Å². The molecule has 0 saturated carbocycles. The number of hydrazone groups is 1. The Morgan fingerprint density at radius 1 is 1.00 bits per heavy atom. The van der Waals surface area contributed by atoms with Crippen LogP contribution in [-0.2, 0) is 16.0 Å². The van der Waals surface area contributed by atoms with Gasteiger partial charge in [-0.2, -0.15) is 5.10 Å². The molecule has 0 radical (unpaired) electrons. The van der Waals surface area contributed by atoms with Gasteiger partial charge in [-0.3, -0.25) is 9.59 Å². The summed E-state index contributed by atoms with van der Waals surface area (Å²) in [4.78, 5) is 24.7. The summed E-state index contributed by atoms with van der Waals surface area (Å²) in [6, 6.07) is 18.2. The van der Waals surface area contributed by atoms with Crippen LogP contribution in [0.1, 0.15) is 48.4 Å². The Bertz CT molecular complexity index is 876. The number of aryl methyl sites for hydroxylation is 1. The minimum atomic E-state index is -0.0945. The Morgan fingerprint density at radius 3 is 2.63 bits per heavy atom. The van der Waals surface area contributed by atoms with Crippen molar-refractivity contribution in [3.8, 4) is 0 Å². The van der Waals surface area contributed by atoms with Crippen LogP contribution in [0, 0.1) is 0 Å². The third-order valence-electron chi connectivity index (χ3n) is 5.23. The molecule has 0 fully saturated rings. The van der Waals surface area contributed by atoms with Gasteiger partial charge >= 0.3 is 0 Å². The van der Waals surface area contributed by atoms with Crippen molar-refractivity contribution in [2.75, 3.05) is 6.54 Å². The van der Waals surface area contributed by atoms with Crippen LogP contribution in [0.5, 0.6) is 0 Å². The molecule has 0 bridgehead atoms. The van der Waals surface area contributed by atoms with Gasteiger partial charge in [0.15, 0.2) is 0 Å². The zero-order chi connectivity index (χ0) is 18.6. The van der Waals surface area contributed by atoms with E-state index in [0.29, 0.717) is 6.54 Å². The predicted octanol–water partition coefficient (Wildman–Crippen LogP) is 3.21. The highest BCUT2D eigenvalue weighted by Gasteiger charge is 2.25. The fraction of sp³-hybridized carbons (Fsp3) is 0.318. The molecule has 5 heteroatoms. The molecule has 2 aromatic rings. The van der Waals surface area contributed by atoms with Crippen molar-refractivity contribution in [2.45, 2.75) is 38.1 Å². The van der Waals surface area contributed by atoms with Crippen molar-refractivity contribution < 1.29 is 9.59 Å². The second-order valence-corrected chi connectivity index (χ2v) is 7.04. The van der Waals surface area contributed by atoms with Crippen LogP contribution in [0.25, 0.3) is 0 Å². The van der Waals surface area contributed by atoms with Crippen LogP contribution in [0.3, 0.4) is 0 Å². The molecular formula is C22H23N3O2. The smallest absolute Gasteiger partial charge is 0.243 e. The highest BCUT2D eigenvalue weighted by molar-refractivity contribution is 6.02. The maximum atomic E-state index is 12.4. The normalized spacial score (nSPS) is 18.1. The summed E-state index contributed by atoms with van der Waals surface area (Å²) in [6.45, 7) is 0.584. The number of hydrogen-bond acceptors (Lipinski definition) is 3. The molecule has 1 N–H and O–H groups in total. The van der Waals surface area contributed by atoms with E-state index in [0.717, 1.165) is 30.5 Å². The molecule has 5 nitrogen and oxygen atoms in total. The lowest BCUT2D eigenvalue weighted by molar-refractivity contribution is -0.133. The maximum absolute atomic E-state index is 12.4. The second-order valence-electron chi connectivity index (χ2n) is 7.04. The molecule has 2 aliphatic rings. The first kappa shape index (κ1) is 17.5. The van der Waals surface area contributed by atoms with E-state index in [1.165, 1.54) is 16.1 Å². The van der Waals surface area contributed by atoms with Crippen LogP contribution in [-0.4, -0.2) is 29.1 Å². The highest BCUT2D eigenvalue weighted by atomic mass is 16.2. The Morgan fingerprint density at radius 2 is 1.78 bits per heavy atom. The molecule has 4 rings (SSSR count). The van der Waals surface area contributed by atoms with Gasteiger partial charge in [0.05, 0.1) is 18.3 Å². The number of rotatable bonds is 5. The van der Waals surface area contributed by atoms with Gasteiger partial charge in [-0.1, -0.05) is 54.6 Å². The van der Waals surface area contributed by atoms with Gasteiger partial charge in [0.2, 0.25) is 11.8 Å². The molecule has 1 aliphatic heterocycles. The third-order valence-corrected chi connectivity index (χ3v) is 5.23. The lowest BCUT2D eigenvalue weighted by Gasteiger charge is -2.15. The second kappa shape index (κ2) is 7.74. The Labute approximate surface area is 159 Å². The number of carbonyl (C=O) groups is 2. The van der Waals surface area contributed by atoms with E-state index in [-0.39, 0.29) is 30.7 Å². The fourth-order valence-corrected chi connectivity index (χ4v) is 3.79. The van der Waals surface area contributed by atoms with Crippen LogP contribution >= 0.6 is 0 Å². The molecule has 0 unspecified atom stereocenters. The van der Waals surface area contributed by atoms with Crippen LogP contribution < -0.4 is 5.32 Å². The molecule has 27 heavy (non-hydrogen) atoms. The van der Waals surface area contributed by atoms with E-state index in [4.69, 9.17) is 0 Å². The number of hydrogen-bond donors (Lipinski definition) is 1. The minimum Gasteiger partial charge on any atom is -0.349 e. The predicted molar refractivity (Wildman–Crippen MR) is 104 cm³/mol. The van der Waals surface area contributed by atoms with Crippen molar-refractivity contribution in [3.05, 3.63) is 71.3 Å². The van der Waals surface area contributed by atoms with Gasteiger partial charge in [-0.05, 0) is 29.5 Å². The molecular weight excluding hydrogens is 338 g/mol. The standard InChI is InChI=1S/C22H23N3O2/c26-21(23-20-11-10-16-6-4-5-9-18(16)20)12-13-22(27)25-15-14-19(24-25)17-7-2-1-3-8-17/h1-9,20H,10-15H2,(H,23,26)/t20-/m0/s1. The maximum Gasteiger partial charge on any atom is 0.243 e. The van der Waals surface area contributed by atoms with Gasteiger partial charge < -0.3 is 5.32 Å². The SMILES string of the molecule is O=C(CCC(=O)N1CCC(c2ccccc2)=N1)N[C@H]1CCc2ccccc21. The number of carbonyl (C=O) groups excluding carboxylic acids is 2. The van der Waals surface area contributed by atoms with Gasteiger partial charge in [-0.15, -0.1) is 0 Å². The zero-order valence-corrected chi connectivity index (χ0v) is 15.2. The summed E-state index contributed by atoms with van der Waals surface area (Å²) in [5.41, 5.74) is 4.48. The molecule has 2 aromatic carbocycles. The number of nitrogens with zero attached hydrogens (tertiary/aromatic N) is 2. The summed E-state index contributed by atoms with van der Waals surface area (Å²) >= 11 is 0. The van der Waals surface area contributed by atoms with Gasteiger partial charge in [0.1, 0.15) is 0 Å². The Balaban J connectivity index is 1.29. The van der Waals surface area contributed by atoms with E-state index in [1.54, 1.807) is 0 Å². The Hall–Kier alpha value is -2.95. The van der Waals surface area contributed by atoms with E-state index < -0.39 is 0 Å². The van der Waals surface area contributed by atoms with Crippen LogP contribution in [0.4, 0.5) is 0 Å². The lowest BCUT2D eigenvalue weighted by atomic mass is 10.1. The summed E-state index contributed by atoms with van der Waals surface area (Å²) in [7, 11) is 0. The quantitative estimate of drug-likeness (QED) is 0.889. The Kier molecular flexibility index (Phi) is 5.01. The third kappa shape index (κ3) is 3.92. The van der Waals surface area contributed by atoms with E-state index >= 15 is 0 Å². The first-order valence-corrected chi connectivity index (χ1v) is 9.51. The molecule has 0 saturated heterocycles. The minimum absolute atomic E-state index is 0.0679. The van der Waals surface area contributed by atoms with Crippen LogP contribution in [0.15, 0.2) is 59.7 Å². The number of benzene rings is 2. The average molecular weight is 361 g/mol. The molecule has 138 valence electrons. The average Bonchev–Trinajstić information content (AvgIpc) is 3.35. The molecule has 2 amide bonds. The molecule has 1 atom stereocenters. The fourth-order valence-electron chi connectivity index (χ4n) is 3.79. The van der Waals surface area contributed by atoms with Gasteiger partial charge in [-0.25, -0.2) is 5.01 Å². The number of nitrogens with one attached hydrogen (secondary N) is 1. The van der Waals surface area contributed by atoms with Crippen molar-refractivity contribution in [1.82, 2.24) is 10.3 Å². The van der Waals surface area contributed by atoms with Crippen molar-refractivity contribution in [1.29, 1.82) is 0 Å². The summed E-state index contributed by atoms with van der Waals surface area (Å²) in [6.07, 6.45) is 3.05. The largest absolute Gasteiger partial charge is 0.349 e. The summed E-state index contributed by atoms with van der Waals surface area (Å²) in [5.74, 6) is -0.167.